The lowest BCUT2D eigenvalue weighted by atomic mass is 9.83. The fourth-order valence-electron chi connectivity index (χ4n) is 3.68. The van der Waals surface area contributed by atoms with Crippen LogP contribution in [0.1, 0.15) is 17.7 Å². The Balaban J connectivity index is 1.34. The van der Waals surface area contributed by atoms with Gasteiger partial charge in [-0.05, 0) is 30.4 Å². The van der Waals surface area contributed by atoms with Crippen LogP contribution in [-0.2, 0) is 16.1 Å². The van der Waals surface area contributed by atoms with E-state index in [1.807, 2.05) is 23.6 Å². The average Bonchev–Trinajstić information content (AvgIpc) is 3.19. The molecule has 2 aromatic heterocycles. The first-order valence-corrected chi connectivity index (χ1v) is 9.61. The number of fused-ring (bicyclic) bond motifs is 1. The summed E-state index contributed by atoms with van der Waals surface area (Å²) in [6, 6.07) is 5.87. The van der Waals surface area contributed by atoms with Crippen LogP contribution in [0.2, 0.25) is 0 Å². The van der Waals surface area contributed by atoms with Crippen molar-refractivity contribution in [3.05, 3.63) is 40.8 Å². The number of ether oxygens (including phenoxy) is 1. The largest absolute Gasteiger partial charge is 0.377 e. The van der Waals surface area contributed by atoms with Gasteiger partial charge in [-0.1, -0.05) is 6.07 Å². The molecule has 0 aromatic carbocycles. The summed E-state index contributed by atoms with van der Waals surface area (Å²) in [5.41, 5.74) is 0. The SMILES string of the molecule is O=C(NCc1cccs1)[C@@H]1CO[C@@H]2CCN(c3ncccn3)C[C@@H]2C1. The standard InChI is InChI=1S/C18H22N4O2S/c23-17(21-10-15-3-1-8-25-15)14-9-13-11-22(7-4-16(13)24-12-14)18-19-5-2-6-20-18/h1-3,5-6,8,13-14,16H,4,7,9-12H2,(H,21,23)/t13-,14-,16+/m0/s1. The normalized spacial score (nSPS) is 26.1. The zero-order valence-electron chi connectivity index (χ0n) is 14.0. The number of carbonyl (C=O) groups excluding carboxylic acids is 1. The first-order valence-electron chi connectivity index (χ1n) is 8.73. The summed E-state index contributed by atoms with van der Waals surface area (Å²) in [5, 5.41) is 5.07. The lowest BCUT2D eigenvalue weighted by Crippen LogP contribution is -2.50. The maximum absolute atomic E-state index is 12.5. The molecule has 0 bridgehead atoms. The molecule has 0 saturated carbocycles. The van der Waals surface area contributed by atoms with Crippen LogP contribution in [0.5, 0.6) is 0 Å². The molecule has 6 nitrogen and oxygen atoms in total. The van der Waals surface area contributed by atoms with Crippen molar-refractivity contribution in [3.8, 4) is 0 Å². The van der Waals surface area contributed by atoms with Crippen LogP contribution in [0.3, 0.4) is 0 Å². The summed E-state index contributed by atoms with van der Waals surface area (Å²) in [6.45, 7) is 2.88. The second-order valence-electron chi connectivity index (χ2n) is 6.65. The molecule has 2 aromatic rings. The molecule has 2 saturated heterocycles. The van der Waals surface area contributed by atoms with Crippen molar-refractivity contribution in [3.63, 3.8) is 0 Å². The number of nitrogens with one attached hydrogen (secondary N) is 1. The second-order valence-corrected chi connectivity index (χ2v) is 7.68. The minimum absolute atomic E-state index is 0.0714. The predicted octanol–water partition coefficient (Wildman–Crippen LogP) is 2.09. The number of rotatable bonds is 4. The molecule has 4 rings (SSSR count). The molecule has 0 aliphatic carbocycles. The van der Waals surface area contributed by atoms with Gasteiger partial charge < -0.3 is 15.0 Å². The van der Waals surface area contributed by atoms with Crippen LogP contribution >= 0.6 is 11.3 Å². The fraction of sp³-hybridized carbons (Fsp3) is 0.500. The third kappa shape index (κ3) is 3.82. The number of thiophene rings is 1. The monoisotopic (exact) mass is 358 g/mol. The molecule has 25 heavy (non-hydrogen) atoms. The molecular weight excluding hydrogens is 336 g/mol. The van der Waals surface area contributed by atoms with Crippen molar-refractivity contribution >= 4 is 23.2 Å². The summed E-state index contributed by atoms with van der Waals surface area (Å²) in [5.74, 6) is 1.15. The van der Waals surface area contributed by atoms with Crippen molar-refractivity contribution in [1.82, 2.24) is 15.3 Å². The molecule has 2 aliphatic rings. The smallest absolute Gasteiger partial charge is 0.225 e. The van der Waals surface area contributed by atoms with Gasteiger partial charge in [0.15, 0.2) is 0 Å². The molecule has 2 fully saturated rings. The highest BCUT2D eigenvalue weighted by Crippen LogP contribution is 2.32. The van der Waals surface area contributed by atoms with Crippen LogP contribution in [0.15, 0.2) is 36.0 Å². The molecule has 1 amide bonds. The van der Waals surface area contributed by atoms with Crippen molar-refractivity contribution in [2.24, 2.45) is 11.8 Å². The number of aromatic nitrogens is 2. The number of nitrogens with zero attached hydrogens (tertiary/aromatic N) is 3. The maximum atomic E-state index is 12.5. The van der Waals surface area contributed by atoms with Gasteiger partial charge in [0, 0.05) is 36.3 Å². The van der Waals surface area contributed by atoms with Gasteiger partial charge in [-0.2, -0.15) is 0 Å². The molecule has 1 N–H and O–H groups in total. The summed E-state index contributed by atoms with van der Waals surface area (Å²) >= 11 is 1.66. The number of carbonyl (C=O) groups is 1. The van der Waals surface area contributed by atoms with E-state index in [9.17, 15) is 4.79 Å². The number of hydrogen-bond donors (Lipinski definition) is 1. The lowest BCUT2D eigenvalue weighted by molar-refractivity contribution is -0.135. The van der Waals surface area contributed by atoms with Gasteiger partial charge in [0.05, 0.1) is 25.2 Å². The minimum atomic E-state index is -0.0714. The first kappa shape index (κ1) is 16.5. The Labute approximate surface area is 151 Å². The van der Waals surface area contributed by atoms with E-state index in [4.69, 9.17) is 4.74 Å². The van der Waals surface area contributed by atoms with E-state index < -0.39 is 0 Å². The van der Waals surface area contributed by atoms with E-state index in [1.54, 1.807) is 23.7 Å². The highest BCUT2D eigenvalue weighted by atomic mass is 32.1. The highest BCUT2D eigenvalue weighted by molar-refractivity contribution is 7.09. The summed E-state index contributed by atoms with van der Waals surface area (Å²) in [4.78, 5) is 24.6. The number of amides is 1. The maximum Gasteiger partial charge on any atom is 0.225 e. The summed E-state index contributed by atoms with van der Waals surface area (Å²) in [6.07, 6.45) is 5.62. The van der Waals surface area contributed by atoms with Crippen LogP contribution in [-0.4, -0.2) is 41.7 Å². The predicted molar refractivity (Wildman–Crippen MR) is 96.4 cm³/mol. The Morgan fingerprint density at radius 3 is 3.04 bits per heavy atom. The van der Waals surface area contributed by atoms with Gasteiger partial charge in [0.2, 0.25) is 11.9 Å². The van der Waals surface area contributed by atoms with Gasteiger partial charge in [0.25, 0.3) is 0 Å². The summed E-state index contributed by atoms with van der Waals surface area (Å²) in [7, 11) is 0. The molecular formula is C18H22N4O2S. The van der Waals surface area contributed by atoms with E-state index in [0.717, 1.165) is 31.9 Å². The average molecular weight is 358 g/mol. The van der Waals surface area contributed by atoms with E-state index >= 15 is 0 Å². The summed E-state index contributed by atoms with van der Waals surface area (Å²) < 4.78 is 6.01. The Morgan fingerprint density at radius 2 is 2.24 bits per heavy atom. The molecule has 132 valence electrons. The Kier molecular flexibility index (Phi) is 4.94. The highest BCUT2D eigenvalue weighted by Gasteiger charge is 2.38. The van der Waals surface area contributed by atoms with Crippen molar-refractivity contribution in [1.29, 1.82) is 0 Å². The van der Waals surface area contributed by atoms with E-state index in [2.05, 4.69) is 20.2 Å². The Morgan fingerprint density at radius 1 is 1.36 bits per heavy atom. The fourth-order valence-corrected chi connectivity index (χ4v) is 4.32. The number of anilines is 1. The number of piperidine rings is 1. The van der Waals surface area contributed by atoms with Gasteiger partial charge >= 0.3 is 0 Å². The van der Waals surface area contributed by atoms with E-state index in [-0.39, 0.29) is 17.9 Å². The topological polar surface area (TPSA) is 67.3 Å². The quantitative estimate of drug-likeness (QED) is 0.906. The van der Waals surface area contributed by atoms with E-state index in [1.165, 1.54) is 4.88 Å². The van der Waals surface area contributed by atoms with Gasteiger partial charge in [0.1, 0.15) is 0 Å². The Bertz CT molecular complexity index is 694. The van der Waals surface area contributed by atoms with Crippen LogP contribution in [0.25, 0.3) is 0 Å². The third-order valence-electron chi connectivity index (χ3n) is 4.99. The number of hydrogen-bond acceptors (Lipinski definition) is 6. The molecule has 4 heterocycles. The third-order valence-corrected chi connectivity index (χ3v) is 5.86. The van der Waals surface area contributed by atoms with Crippen LogP contribution in [0, 0.1) is 11.8 Å². The van der Waals surface area contributed by atoms with Crippen molar-refractivity contribution in [2.45, 2.75) is 25.5 Å². The molecule has 0 spiro atoms. The molecule has 0 radical (unpaired) electrons. The van der Waals surface area contributed by atoms with E-state index in [0.29, 0.717) is 19.1 Å². The van der Waals surface area contributed by atoms with Gasteiger partial charge in [-0.25, -0.2) is 9.97 Å². The molecule has 0 unspecified atom stereocenters. The van der Waals surface area contributed by atoms with Crippen LogP contribution < -0.4 is 10.2 Å². The first-order chi connectivity index (χ1) is 12.3. The molecule has 7 heteroatoms. The van der Waals surface area contributed by atoms with Crippen molar-refractivity contribution < 1.29 is 9.53 Å². The molecule has 2 aliphatic heterocycles. The Hall–Kier alpha value is -1.99. The molecule has 3 atom stereocenters. The van der Waals surface area contributed by atoms with Crippen molar-refractivity contribution in [2.75, 3.05) is 24.6 Å². The van der Waals surface area contributed by atoms with Gasteiger partial charge in [-0.15, -0.1) is 11.3 Å². The lowest BCUT2D eigenvalue weighted by Gasteiger charge is -2.43. The van der Waals surface area contributed by atoms with Crippen LogP contribution in [0.4, 0.5) is 5.95 Å². The zero-order valence-corrected chi connectivity index (χ0v) is 14.8. The van der Waals surface area contributed by atoms with Gasteiger partial charge in [-0.3, -0.25) is 4.79 Å². The zero-order chi connectivity index (χ0) is 17.1. The minimum Gasteiger partial charge on any atom is -0.377 e. The second kappa shape index (κ2) is 7.49.